The molecule has 5 nitrogen and oxygen atoms in total. The van der Waals surface area contributed by atoms with Crippen LogP contribution in [-0.4, -0.2) is 43.4 Å². The highest BCUT2D eigenvalue weighted by Gasteiger charge is 2.20. The third-order valence-corrected chi connectivity index (χ3v) is 5.39. The number of nitrogens with zero attached hydrogens (tertiary/aromatic N) is 1. The molecule has 0 saturated carbocycles. The molecule has 2 amide bonds. The van der Waals surface area contributed by atoms with Crippen molar-refractivity contribution in [1.82, 2.24) is 10.2 Å². The highest BCUT2D eigenvalue weighted by atomic mass is 16.2. The number of nitrogens with one attached hydrogen (secondary N) is 2. The second-order valence-corrected chi connectivity index (χ2v) is 7.86. The summed E-state index contributed by atoms with van der Waals surface area (Å²) in [5.41, 5.74) is 4.34. The van der Waals surface area contributed by atoms with Crippen molar-refractivity contribution in [1.29, 1.82) is 0 Å². The molecule has 0 aromatic heterocycles. The summed E-state index contributed by atoms with van der Waals surface area (Å²) in [6.45, 7) is 2.68. The number of amides is 2. The SMILES string of the molecule is C[C@@H](CC(=O)NC[C@H](Cc1ccc2c(c1)CC(=O)N2)N(C)C)c1ccccc1. The maximum Gasteiger partial charge on any atom is 0.228 e. The molecule has 2 aromatic carbocycles. The van der Waals surface area contributed by atoms with Crippen molar-refractivity contribution in [2.24, 2.45) is 0 Å². The first kappa shape index (κ1) is 20.1. The summed E-state index contributed by atoms with van der Waals surface area (Å²) in [4.78, 5) is 26.1. The van der Waals surface area contributed by atoms with Gasteiger partial charge in [-0.1, -0.05) is 49.4 Å². The fourth-order valence-electron chi connectivity index (χ4n) is 3.60. The van der Waals surface area contributed by atoms with Crippen LogP contribution < -0.4 is 10.6 Å². The van der Waals surface area contributed by atoms with Crippen LogP contribution in [0.15, 0.2) is 48.5 Å². The maximum atomic E-state index is 12.4. The summed E-state index contributed by atoms with van der Waals surface area (Å²) in [7, 11) is 4.06. The molecule has 0 unspecified atom stereocenters. The van der Waals surface area contributed by atoms with Crippen molar-refractivity contribution in [3.05, 3.63) is 65.2 Å². The average molecular weight is 380 g/mol. The number of hydrogen-bond donors (Lipinski definition) is 2. The van der Waals surface area contributed by atoms with Gasteiger partial charge in [-0.05, 0) is 49.2 Å². The molecule has 5 heteroatoms. The molecule has 2 aromatic rings. The standard InChI is InChI=1S/C23H29N3O2/c1-16(18-7-5-4-6-8-18)11-22(27)24-15-20(26(2)3)13-17-9-10-21-19(12-17)14-23(28)25-21/h4-10,12,16,20H,11,13-15H2,1-3H3,(H,24,27)(H,25,28)/t16-,20-/m0/s1. The Balaban J connectivity index is 1.54. The third-order valence-electron chi connectivity index (χ3n) is 5.39. The van der Waals surface area contributed by atoms with E-state index in [1.165, 1.54) is 11.1 Å². The summed E-state index contributed by atoms with van der Waals surface area (Å²) in [5, 5.41) is 5.96. The minimum absolute atomic E-state index is 0.0520. The first-order chi connectivity index (χ1) is 13.4. The van der Waals surface area contributed by atoms with Gasteiger partial charge in [-0.2, -0.15) is 0 Å². The van der Waals surface area contributed by atoms with Crippen LogP contribution in [0.1, 0.15) is 36.0 Å². The molecule has 3 rings (SSSR count). The quantitative estimate of drug-likeness (QED) is 0.741. The van der Waals surface area contributed by atoms with Gasteiger partial charge in [-0.15, -0.1) is 0 Å². The van der Waals surface area contributed by atoms with E-state index in [1.54, 1.807) is 0 Å². The number of fused-ring (bicyclic) bond motifs is 1. The molecule has 28 heavy (non-hydrogen) atoms. The number of likely N-dealkylation sites (N-methyl/N-ethyl adjacent to an activating group) is 1. The molecule has 0 fully saturated rings. The van der Waals surface area contributed by atoms with Crippen molar-refractivity contribution >= 4 is 17.5 Å². The predicted molar refractivity (Wildman–Crippen MR) is 112 cm³/mol. The molecule has 2 atom stereocenters. The largest absolute Gasteiger partial charge is 0.355 e. The van der Waals surface area contributed by atoms with Gasteiger partial charge in [0.05, 0.1) is 6.42 Å². The molecule has 0 aliphatic carbocycles. The molecule has 1 aliphatic rings. The van der Waals surface area contributed by atoms with Crippen LogP contribution in [0.2, 0.25) is 0 Å². The molecule has 1 heterocycles. The monoisotopic (exact) mass is 379 g/mol. The summed E-state index contributed by atoms with van der Waals surface area (Å²) >= 11 is 0. The van der Waals surface area contributed by atoms with Gasteiger partial charge in [0.1, 0.15) is 0 Å². The van der Waals surface area contributed by atoms with Crippen LogP contribution in [-0.2, 0) is 22.4 Å². The van der Waals surface area contributed by atoms with Gasteiger partial charge < -0.3 is 15.5 Å². The van der Waals surface area contributed by atoms with Crippen LogP contribution >= 0.6 is 0 Å². The van der Waals surface area contributed by atoms with Crippen LogP contribution in [0.4, 0.5) is 5.69 Å². The van der Waals surface area contributed by atoms with Crippen molar-refractivity contribution in [2.45, 2.75) is 38.1 Å². The van der Waals surface area contributed by atoms with Crippen molar-refractivity contribution < 1.29 is 9.59 Å². The summed E-state index contributed by atoms with van der Waals surface area (Å²) in [5.74, 6) is 0.323. The van der Waals surface area contributed by atoms with Gasteiger partial charge in [-0.3, -0.25) is 9.59 Å². The number of carbonyl (C=O) groups excluding carboxylic acids is 2. The van der Waals surface area contributed by atoms with Gasteiger partial charge >= 0.3 is 0 Å². The van der Waals surface area contributed by atoms with Gasteiger partial charge in [0.15, 0.2) is 0 Å². The Morgan fingerprint density at radius 2 is 1.93 bits per heavy atom. The van der Waals surface area contributed by atoms with E-state index in [4.69, 9.17) is 0 Å². The number of carbonyl (C=O) groups is 2. The number of hydrogen-bond acceptors (Lipinski definition) is 3. The average Bonchev–Trinajstić information content (AvgIpc) is 3.04. The summed E-state index contributed by atoms with van der Waals surface area (Å²) in [6, 6.07) is 16.5. The lowest BCUT2D eigenvalue weighted by molar-refractivity contribution is -0.121. The Labute approximate surface area is 167 Å². The van der Waals surface area contributed by atoms with E-state index in [0.717, 1.165) is 17.7 Å². The molecule has 0 spiro atoms. The van der Waals surface area contributed by atoms with Crippen LogP contribution in [0.25, 0.3) is 0 Å². The van der Waals surface area contributed by atoms with E-state index in [-0.39, 0.29) is 23.8 Å². The molecule has 0 radical (unpaired) electrons. The number of rotatable bonds is 8. The van der Waals surface area contributed by atoms with E-state index >= 15 is 0 Å². The highest BCUT2D eigenvalue weighted by molar-refractivity contribution is 5.99. The Morgan fingerprint density at radius 3 is 2.64 bits per heavy atom. The zero-order valence-electron chi connectivity index (χ0n) is 16.9. The minimum atomic E-state index is 0.0520. The maximum absolute atomic E-state index is 12.4. The van der Waals surface area contributed by atoms with Gasteiger partial charge in [0.2, 0.25) is 11.8 Å². The van der Waals surface area contributed by atoms with E-state index in [1.807, 2.05) is 38.4 Å². The normalized spacial score (nSPS) is 15.1. The first-order valence-electron chi connectivity index (χ1n) is 9.82. The lowest BCUT2D eigenvalue weighted by atomic mass is 9.97. The molecule has 148 valence electrons. The number of anilines is 1. The van der Waals surface area contributed by atoms with Crippen LogP contribution in [0.3, 0.4) is 0 Å². The molecular weight excluding hydrogens is 350 g/mol. The minimum Gasteiger partial charge on any atom is -0.355 e. The second kappa shape index (κ2) is 9.02. The Hall–Kier alpha value is -2.66. The fraction of sp³-hybridized carbons (Fsp3) is 0.391. The molecule has 1 aliphatic heterocycles. The van der Waals surface area contributed by atoms with Gasteiger partial charge in [0.25, 0.3) is 0 Å². The molecule has 0 saturated heterocycles. The summed E-state index contributed by atoms with van der Waals surface area (Å²) in [6.07, 6.45) is 1.75. The molecule has 0 bridgehead atoms. The van der Waals surface area contributed by atoms with Crippen LogP contribution in [0.5, 0.6) is 0 Å². The Kier molecular flexibility index (Phi) is 6.47. The Bertz CT molecular complexity index is 833. The molecule has 2 N–H and O–H groups in total. The lowest BCUT2D eigenvalue weighted by Crippen LogP contribution is -2.41. The Morgan fingerprint density at radius 1 is 1.18 bits per heavy atom. The van der Waals surface area contributed by atoms with E-state index < -0.39 is 0 Å². The summed E-state index contributed by atoms with van der Waals surface area (Å²) < 4.78 is 0. The van der Waals surface area contributed by atoms with Gasteiger partial charge in [0, 0.05) is 24.7 Å². The van der Waals surface area contributed by atoms with Crippen molar-refractivity contribution in [3.8, 4) is 0 Å². The predicted octanol–water partition coefficient (Wildman–Crippen LogP) is 2.96. The van der Waals surface area contributed by atoms with E-state index in [9.17, 15) is 9.59 Å². The van der Waals surface area contributed by atoms with Crippen LogP contribution in [0, 0.1) is 0 Å². The van der Waals surface area contributed by atoms with Crippen molar-refractivity contribution in [3.63, 3.8) is 0 Å². The van der Waals surface area contributed by atoms with Gasteiger partial charge in [-0.25, -0.2) is 0 Å². The van der Waals surface area contributed by atoms with Crippen molar-refractivity contribution in [2.75, 3.05) is 26.0 Å². The fourth-order valence-corrected chi connectivity index (χ4v) is 3.60. The lowest BCUT2D eigenvalue weighted by Gasteiger charge is -2.25. The molecular formula is C23H29N3O2. The highest BCUT2D eigenvalue weighted by Crippen LogP contribution is 2.24. The topological polar surface area (TPSA) is 61.4 Å². The second-order valence-electron chi connectivity index (χ2n) is 7.86. The smallest absolute Gasteiger partial charge is 0.228 e. The van der Waals surface area contributed by atoms with E-state index in [2.05, 4.69) is 46.7 Å². The third kappa shape index (κ3) is 5.20. The zero-order valence-corrected chi connectivity index (χ0v) is 16.9. The first-order valence-corrected chi connectivity index (χ1v) is 9.82. The zero-order chi connectivity index (χ0) is 20.1. The van der Waals surface area contributed by atoms with E-state index in [0.29, 0.717) is 19.4 Å². The number of benzene rings is 2.